The first kappa shape index (κ1) is 13.2. The van der Waals surface area contributed by atoms with Crippen molar-refractivity contribution in [1.82, 2.24) is 0 Å². The molecule has 1 aliphatic heterocycles. The number of carbonyl (C=O) groups excluding carboxylic acids is 1. The molecule has 0 aromatic heterocycles. The summed E-state index contributed by atoms with van der Waals surface area (Å²) in [6, 6.07) is 4.24. The Kier molecular flexibility index (Phi) is 3.53. The van der Waals surface area contributed by atoms with E-state index in [2.05, 4.69) is 10.6 Å². The van der Waals surface area contributed by atoms with Gasteiger partial charge in [-0.25, -0.2) is 0 Å². The van der Waals surface area contributed by atoms with Gasteiger partial charge in [-0.3, -0.25) is 4.79 Å². The number of hydrogen-bond acceptors (Lipinski definition) is 4. The third-order valence-electron chi connectivity index (χ3n) is 4.23. The Morgan fingerprint density at radius 3 is 2.70 bits per heavy atom. The summed E-state index contributed by atoms with van der Waals surface area (Å²) in [5.74, 6) is 0.0639. The largest absolute Gasteiger partial charge is 0.397 e. The zero-order valence-corrected chi connectivity index (χ0v) is 11.5. The van der Waals surface area contributed by atoms with Crippen LogP contribution in [0.15, 0.2) is 12.1 Å². The summed E-state index contributed by atoms with van der Waals surface area (Å²) in [5.41, 5.74) is 9.68. The van der Waals surface area contributed by atoms with Crippen LogP contribution in [0, 0.1) is 0 Å². The second kappa shape index (κ2) is 5.32. The molecule has 0 atom stereocenters. The third kappa shape index (κ3) is 2.72. The molecule has 1 aliphatic carbocycles. The second-order valence-electron chi connectivity index (χ2n) is 5.79. The fraction of sp³-hybridized carbons (Fsp3) is 0.533. The average molecular weight is 275 g/mol. The second-order valence-corrected chi connectivity index (χ2v) is 5.79. The van der Waals surface area contributed by atoms with Crippen LogP contribution < -0.4 is 16.4 Å². The number of rotatable bonds is 2. The maximum atomic E-state index is 11.5. The van der Waals surface area contributed by atoms with Crippen molar-refractivity contribution >= 4 is 23.0 Å². The molecule has 2 aliphatic rings. The number of hydrogen-bond donors (Lipinski definition) is 4. The van der Waals surface area contributed by atoms with Crippen molar-refractivity contribution in [1.29, 1.82) is 0 Å². The van der Waals surface area contributed by atoms with E-state index in [4.69, 9.17) is 5.73 Å². The fourth-order valence-electron chi connectivity index (χ4n) is 3.01. The number of nitrogens with one attached hydrogen (secondary N) is 2. The number of aryl methyl sites for hydroxylation is 1. The van der Waals surface area contributed by atoms with Crippen LogP contribution in [0.3, 0.4) is 0 Å². The summed E-state index contributed by atoms with van der Waals surface area (Å²) in [7, 11) is 0. The Labute approximate surface area is 118 Å². The van der Waals surface area contributed by atoms with Crippen LogP contribution in [0.1, 0.15) is 37.7 Å². The van der Waals surface area contributed by atoms with Crippen molar-refractivity contribution in [3.05, 3.63) is 17.7 Å². The van der Waals surface area contributed by atoms with E-state index in [1.54, 1.807) is 0 Å². The number of aliphatic hydroxyl groups is 1. The molecule has 1 aromatic carbocycles. The van der Waals surface area contributed by atoms with Crippen molar-refractivity contribution in [3.8, 4) is 0 Å². The highest BCUT2D eigenvalue weighted by Crippen LogP contribution is 2.32. The van der Waals surface area contributed by atoms with Gasteiger partial charge in [0, 0.05) is 18.2 Å². The van der Waals surface area contributed by atoms with Gasteiger partial charge in [0.25, 0.3) is 0 Å². The molecule has 3 rings (SSSR count). The van der Waals surface area contributed by atoms with Gasteiger partial charge in [0.05, 0.1) is 17.5 Å². The van der Waals surface area contributed by atoms with E-state index in [-0.39, 0.29) is 12.0 Å². The van der Waals surface area contributed by atoms with E-state index in [0.29, 0.717) is 12.5 Å². The van der Waals surface area contributed by atoms with Crippen molar-refractivity contribution in [3.63, 3.8) is 0 Å². The van der Waals surface area contributed by atoms with Crippen LogP contribution >= 0.6 is 0 Å². The smallest absolute Gasteiger partial charge is 0.224 e. The third-order valence-corrected chi connectivity index (χ3v) is 4.23. The number of nitrogens with two attached hydrogens (primary N) is 1. The molecule has 1 amide bonds. The summed E-state index contributed by atoms with van der Waals surface area (Å²) in [4.78, 5) is 11.5. The normalized spacial score (nSPS) is 25.8. The number of nitrogen functional groups attached to an aromatic ring is 1. The van der Waals surface area contributed by atoms with Crippen molar-refractivity contribution in [2.45, 2.75) is 50.7 Å². The van der Waals surface area contributed by atoms with Gasteiger partial charge in [0.2, 0.25) is 5.91 Å². The van der Waals surface area contributed by atoms with Crippen LogP contribution in [0.5, 0.6) is 0 Å². The molecular formula is C15H21N3O2. The Morgan fingerprint density at radius 2 is 1.95 bits per heavy atom. The molecule has 0 saturated heterocycles. The van der Waals surface area contributed by atoms with Crippen molar-refractivity contribution in [2.24, 2.45) is 0 Å². The summed E-state index contributed by atoms with van der Waals surface area (Å²) < 4.78 is 0. The number of carbonyl (C=O) groups is 1. The van der Waals surface area contributed by atoms with Crippen LogP contribution in [-0.2, 0) is 11.2 Å². The van der Waals surface area contributed by atoms with Gasteiger partial charge < -0.3 is 21.5 Å². The zero-order chi connectivity index (χ0) is 14.1. The molecule has 5 N–H and O–H groups in total. The van der Waals surface area contributed by atoms with E-state index >= 15 is 0 Å². The predicted molar refractivity (Wildman–Crippen MR) is 79.7 cm³/mol. The zero-order valence-electron chi connectivity index (χ0n) is 11.5. The van der Waals surface area contributed by atoms with Gasteiger partial charge >= 0.3 is 0 Å². The highest BCUT2D eigenvalue weighted by molar-refractivity contribution is 5.95. The molecule has 0 radical (unpaired) electrons. The topological polar surface area (TPSA) is 87.4 Å². The maximum Gasteiger partial charge on any atom is 0.224 e. The molecule has 0 bridgehead atoms. The Balaban J connectivity index is 1.76. The minimum absolute atomic E-state index is 0.0639. The summed E-state index contributed by atoms with van der Waals surface area (Å²) in [6.07, 6.45) is 4.68. The molecule has 1 aromatic rings. The molecule has 5 heteroatoms. The standard InChI is InChI=1S/C15H21N3O2/c16-12-7-9-1-6-15(20)18-13(9)8-14(12)17-10-2-4-11(19)5-3-10/h7-8,10-11,17,19H,1-6,16H2,(H,18,20). The highest BCUT2D eigenvalue weighted by atomic mass is 16.3. The van der Waals surface area contributed by atoms with E-state index in [1.165, 1.54) is 0 Å². The van der Waals surface area contributed by atoms with Gasteiger partial charge in [-0.2, -0.15) is 0 Å². The van der Waals surface area contributed by atoms with Gasteiger partial charge in [-0.15, -0.1) is 0 Å². The van der Waals surface area contributed by atoms with Crippen LogP contribution in [-0.4, -0.2) is 23.2 Å². The Bertz CT molecular complexity index is 522. The molecule has 1 saturated carbocycles. The lowest BCUT2D eigenvalue weighted by molar-refractivity contribution is -0.116. The van der Waals surface area contributed by atoms with E-state index < -0.39 is 0 Å². The van der Waals surface area contributed by atoms with Gasteiger partial charge in [-0.05, 0) is 49.8 Å². The SMILES string of the molecule is Nc1cc2c(cc1NC1CCC(O)CC1)NC(=O)CC2. The van der Waals surface area contributed by atoms with Gasteiger partial charge in [-0.1, -0.05) is 0 Å². The molecule has 1 fully saturated rings. The molecular weight excluding hydrogens is 254 g/mol. The predicted octanol–water partition coefficient (Wildman–Crippen LogP) is 1.87. The summed E-state index contributed by atoms with van der Waals surface area (Å²) >= 11 is 0. The van der Waals surface area contributed by atoms with E-state index in [1.807, 2.05) is 12.1 Å². The minimum atomic E-state index is -0.159. The van der Waals surface area contributed by atoms with Crippen molar-refractivity contribution < 1.29 is 9.90 Å². The summed E-state index contributed by atoms with van der Waals surface area (Å²) in [5, 5.41) is 15.9. The first-order valence-electron chi connectivity index (χ1n) is 7.28. The first-order valence-corrected chi connectivity index (χ1v) is 7.28. The molecule has 1 heterocycles. The first-order chi connectivity index (χ1) is 9.61. The van der Waals surface area contributed by atoms with Crippen LogP contribution in [0.4, 0.5) is 17.1 Å². The Hall–Kier alpha value is -1.75. The molecule has 5 nitrogen and oxygen atoms in total. The van der Waals surface area contributed by atoms with Gasteiger partial charge in [0.1, 0.15) is 0 Å². The minimum Gasteiger partial charge on any atom is -0.397 e. The quantitative estimate of drug-likeness (QED) is 0.621. The average Bonchev–Trinajstić information content (AvgIpc) is 2.42. The number of benzene rings is 1. The van der Waals surface area contributed by atoms with Gasteiger partial charge in [0.15, 0.2) is 0 Å². The maximum absolute atomic E-state index is 11.5. The lowest BCUT2D eigenvalue weighted by Gasteiger charge is -2.28. The highest BCUT2D eigenvalue weighted by Gasteiger charge is 2.21. The fourth-order valence-corrected chi connectivity index (χ4v) is 3.01. The van der Waals surface area contributed by atoms with E-state index in [9.17, 15) is 9.90 Å². The van der Waals surface area contributed by atoms with Crippen LogP contribution in [0.25, 0.3) is 0 Å². The lowest BCUT2D eigenvalue weighted by atomic mass is 9.92. The number of aliphatic hydroxyl groups excluding tert-OH is 1. The van der Waals surface area contributed by atoms with Crippen LogP contribution in [0.2, 0.25) is 0 Å². The summed E-state index contributed by atoms with van der Waals surface area (Å²) in [6.45, 7) is 0. The monoisotopic (exact) mass is 275 g/mol. The molecule has 108 valence electrons. The number of amides is 1. The lowest BCUT2D eigenvalue weighted by Crippen LogP contribution is -2.28. The molecule has 20 heavy (non-hydrogen) atoms. The van der Waals surface area contributed by atoms with E-state index in [0.717, 1.165) is 54.7 Å². The Morgan fingerprint density at radius 1 is 1.20 bits per heavy atom. The van der Waals surface area contributed by atoms with Crippen molar-refractivity contribution in [2.75, 3.05) is 16.4 Å². The number of fused-ring (bicyclic) bond motifs is 1. The molecule has 0 spiro atoms. The number of anilines is 3. The molecule has 0 unspecified atom stereocenters.